The van der Waals surface area contributed by atoms with Crippen LogP contribution in [0, 0.1) is 0 Å². The van der Waals surface area contributed by atoms with E-state index in [-0.39, 0.29) is 29.3 Å². The maximum absolute atomic E-state index is 13.7. The fourth-order valence-electron chi connectivity index (χ4n) is 5.45. The molecule has 1 aliphatic heterocycles. The number of carbonyl (C=O) groups is 2. The van der Waals surface area contributed by atoms with Gasteiger partial charge >= 0.3 is 12.4 Å². The van der Waals surface area contributed by atoms with Crippen LogP contribution in [0.2, 0.25) is 0 Å². The van der Waals surface area contributed by atoms with E-state index >= 15 is 0 Å². The Hall–Kier alpha value is -3.04. The lowest BCUT2D eigenvalue weighted by molar-refractivity contribution is -0.143. The van der Waals surface area contributed by atoms with Crippen LogP contribution in [-0.2, 0) is 17.1 Å². The Kier molecular flexibility index (Phi) is 6.03. The van der Waals surface area contributed by atoms with Crippen molar-refractivity contribution in [3.63, 3.8) is 0 Å². The Labute approximate surface area is 203 Å². The van der Waals surface area contributed by atoms with Crippen LogP contribution in [-0.4, -0.2) is 28.8 Å². The highest BCUT2D eigenvalue weighted by Crippen LogP contribution is 2.49. The number of amides is 2. The molecule has 2 saturated carbocycles. The topological polar surface area (TPSA) is 49.4 Å². The van der Waals surface area contributed by atoms with Crippen molar-refractivity contribution >= 4 is 11.8 Å². The van der Waals surface area contributed by atoms with E-state index in [1.54, 1.807) is 24.3 Å². The molecule has 0 bridgehead atoms. The summed E-state index contributed by atoms with van der Waals surface area (Å²) in [4.78, 5) is 28.5. The number of halogens is 6. The van der Waals surface area contributed by atoms with E-state index in [2.05, 4.69) is 5.32 Å². The van der Waals surface area contributed by atoms with Gasteiger partial charge in [-0.05, 0) is 61.1 Å². The summed E-state index contributed by atoms with van der Waals surface area (Å²) in [5.74, 6) is -2.14. The van der Waals surface area contributed by atoms with E-state index in [0.29, 0.717) is 30.5 Å². The lowest BCUT2D eigenvalue weighted by atomic mass is 9.78. The Morgan fingerprint density at radius 1 is 0.861 bits per heavy atom. The zero-order valence-electron chi connectivity index (χ0n) is 19.1. The van der Waals surface area contributed by atoms with E-state index in [0.717, 1.165) is 25.7 Å². The van der Waals surface area contributed by atoms with E-state index in [1.165, 1.54) is 4.90 Å². The van der Waals surface area contributed by atoms with Crippen LogP contribution in [0.3, 0.4) is 0 Å². The number of fused-ring (bicyclic) bond motifs is 1. The Morgan fingerprint density at radius 2 is 1.44 bits per heavy atom. The van der Waals surface area contributed by atoms with Gasteiger partial charge in [-0.15, -0.1) is 0 Å². The van der Waals surface area contributed by atoms with Crippen molar-refractivity contribution in [2.45, 2.75) is 74.9 Å². The molecule has 1 N–H and O–H groups in total. The normalized spacial score (nSPS) is 23.1. The zero-order chi connectivity index (χ0) is 25.8. The number of benzene rings is 2. The minimum absolute atomic E-state index is 0.0666. The lowest BCUT2D eigenvalue weighted by Gasteiger charge is -2.42. The summed E-state index contributed by atoms with van der Waals surface area (Å²) in [7, 11) is 0. The molecule has 5 rings (SSSR count). The summed E-state index contributed by atoms with van der Waals surface area (Å²) >= 11 is 0. The second-order valence-electron chi connectivity index (χ2n) is 9.78. The quantitative estimate of drug-likeness (QED) is 0.496. The molecule has 36 heavy (non-hydrogen) atoms. The highest BCUT2D eigenvalue weighted by molar-refractivity contribution is 6.01. The maximum Gasteiger partial charge on any atom is 0.416 e. The summed E-state index contributed by atoms with van der Waals surface area (Å²) in [6.45, 7) is 0. The van der Waals surface area contributed by atoms with E-state index < -0.39 is 47.3 Å². The van der Waals surface area contributed by atoms with Gasteiger partial charge in [0.05, 0.1) is 23.1 Å². The van der Waals surface area contributed by atoms with Crippen LogP contribution >= 0.6 is 0 Å². The molecule has 0 spiro atoms. The minimum atomic E-state index is -5.04. The first-order valence-electron chi connectivity index (χ1n) is 12.0. The van der Waals surface area contributed by atoms with Crippen molar-refractivity contribution < 1.29 is 35.9 Å². The maximum atomic E-state index is 13.7. The zero-order valence-corrected chi connectivity index (χ0v) is 19.1. The van der Waals surface area contributed by atoms with Gasteiger partial charge in [-0.25, -0.2) is 0 Å². The number of hydrogen-bond acceptors (Lipinski definition) is 2. The van der Waals surface area contributed by atoms with Gasteiger partial charge < -0.3 is 10.2 Å². The smallest absolute Gasteiger partial charge is 0.353 e. The molecule has 0 saturated heterocycles. The van der Waals surface area contributed by atoms with Crippen molar-refractivity contribution in [2.75, 3.05) is 0 Å². The minimum Gasteiger partial charge on any atom is -0.353 e. The van der Waals surface area contributed by atoms with Gasteiger partial charge in [-0.2, -0.15) is 26.3 Å². The number of alkyl halides is 6. The second-order valence-corrected chi connectivity index (χ2v) is 9.78. The van der Waals surface area contributed by atoms with E-state index in [1.807, 2.05) is 0 Å². The molecule has 2 amide bonds. The van der Waals surface area contributed by atoms with Crippen LogP contribution < -0.4 is 5.32 Å². The first kappa shape index (κ1) is 24.6. The molecular formula is C26H24F6N2O2. The van der Waals surface area contributed by atoms with Gasteiger partial charge in [0.2, 0.25) is 5.91 Å². The highest BCUT2D eigenvalue weighted by atomic mass is 19.4. The van der Waals surface area contributed by atoms with Gasteiger partial charge in [-0.3, -0.25) is 9.59 Å². The average molecular weight is 510 g/mol. The molecule has 3 aliphatic rings. The van der Waals surface area contributed by atoms with E-state index in [4.69, 9.17) is 0 Å². The van der Waals surface area contributed by atoms with Gasteiger partial charge in [0.15, 0.2) is 0 Å². The first-order valence-corrected chi connectivity index (χ1v) is 12.0. The number of carbonyl (C=O) groups excluding carboxylic acids is 2. The molecule has 2 fully saturated rings. The molecule has 2 aliphatic carbocycles. The number of rotatable bonds is 4. The molecular weight excluding hydrogens is 486 g/mol. The Balaban J connectivity index is 1.70. The fourth-order valence-corrected chi connectivity index (χ4v) is 5.45. The standard InChI is InChI=1S/C26H24F6N2O2/c27-25(28,29)15-11-14(12-16(13-15)26(30,31)32)22-21(23(35)33-17-5-1-2-6-17)19-7-3-4-8-20(19)24(36)34(22)18-9-10-18/h3-4,7-8,11-13,17-18,21-22H,1-2,5-6,9-10H2,(H,33,35). The summed E-state index contributed by atoms with van der Waals surface area (Å²) in [5, 5.41) is 2.95. The average Bonchev–Trinajstić information content (AvgIpc) is 3.52. The van der Waals surface area contributed by atoms with Crippen LogP contribution in [0.5, 0.6) is 0 Å². The molecule has 0 aromatic heterocycles. The molecule has 2 aromatic rings. The summed E-state index contributed by atoms with van der Waals surface area (Å²) in [6.07, 6.45) is -5.62. The summed E-state index contributed by atoms with van der Waals surface area (Å²) in [6, 6.07) is 5.92. The van der Waals surface area contributed by atoms with Gasteiger partial charge in [0, 0.05) is 17.6 Å². The van der Waals surface area contributed by atoms with Crippen molar-refractivity contribution in [3.8, 4) is 0 Å². The molecule has 1 heterocycles. The largest absolute Gasteiger partial charge is 0.416 e. The van der Waals surface area contributed by atoms with Crippen molar-refractivity contribution in [1.29, 1.82) is 0 Å². The predicted octanol–water partition coefficient (Wildman–Crippen LogP) is 6.23. The van der Waals surface area contributed by atoms with Crippen LogP contribution in [0.15, 0.2) is 42.5 Å². The number of nitrogens with one attached hydrogen (secondary N) is 1. The molecule has 0 radical (unpaired) electrons. The highest BCUT2D eigenvalue weighted by Gasteiger charge is 2.50. The molecule has 2 atom stereocenters. The Morgan fingerprint density at radius 3 is 2.00 bits per heavy atom. The lowest BCUT2D eigenvalue weighted by Crippen LogP contribution is -2.49. The molecule has 2 unspecified atom stereocenters. The van der Waals surface area contributed by atoms with Crippen LogP contribution in [0.25, 0.3) is 0 Å². The van der Waals surface area contributed by atoms with Crippen molar-refractivity contribution in [1.82, 2.24) is 10.2 Å². The molecule has 2 aromatic carbocycles. The monoisotopic (exact) mass is 510 g/mol. The SMILES string of the molecule is O=C(NC1CCCC1)C1c2ccccc2C(=O)N(C2CC2)C1c1cc(C(F)(F)F)cc(C(F)(F)F)c1. The van der Waals surface area contributed by atoms with Crippen LogP contribution in [0.1, 0.15) is 83.1 Å². The third kappa shape index (κ3) is 4.57. The van der Waals surface area contributed by atoms with E-state index in [9.17, 15) is 35.9 Å². The first-order chi connectivity index (χ1) is 16.9. The summed E-state index contributed by atoms with van der Waals surface area (Å²) in [5.41, 5.74) is -2.73. The van der Waals surface area contributed by atoms with Gasteiger partial charge in [0.1, 0.15) is 0 Å². The third-order valence-corrected chi connectivity index (χ3v) is 7.25. The number of nitrogens with zero attached hydrogens (tertiary/aromatic N) is 1. The van der Waals surface area contributed by atoms with Crippen molar-refractivity contribution in [3.05, 3.63) is 70.3 Å². The fraction of sp³-hybridized carbons (Fsp3) is 0.462. The van der Waals surface area contributed by atoms with Crippen molar-refractivity contribution in [2.24, 2.45) is 0 Å². The predicted molar refractivity (Wildman–Crippen MR) is 118 cm³/mol. The second kappa shape index (κ2) is 8.81. The Bertz CT molecular complexity index is 1150. The molecule has 10 heteroatoms. The van der Waals surface area contributed by atoms with Crippen LogP contribution in [0.4, 0.5) is 26.3 Å². The van der Waals surface area contributed by atoms with Gasteiger partial charge in [0.25, 0.3) is 5.91 Å². The van der Waals surface area contributed by atoms with Gasteiger partial charge in [-0.1, -0.05) is 31.0 Å². The molecule has 4 nitrogen and oxygen atoms in total. The molecule has 192 valence electrons. The third-order valence-electron chi connectivity index (χ3n) is 7.25. The summed E-state index contributed by atoms with van der Waals surface area (Å²) < 4.78 is 82.1. The number of hydrogen-bond donors (Lipinski definition) is 1.